The van der Waals surface area contributed by atoms with Gasteiger partial charge >= 0.3 is 0 Å². The summed E-state index contributed by atoms with van der Waals surface area (Å²) in [6, 6.07) is 6.15. The predicted molar refractivity (Wildman–Crippen MR) is 93.8 cm³/mol. The molecule has 2 aromatic rings. The van der Waals surface area contributed by atoms with Crippen molar-refractivity contribution in [2.75, 3.05) is 22.7 Å². The summed E-state index contributed by atoms with van der Waals surface area (Å²) in [5, 5.41) is 5.17. The first kappa shape index (κ1) is 16.9. The summed E-state index contributed by atoms with van der Waals surface area (Å²) in [6.07, 6.45) is 2.28. The van der Waals surface area contributed by atoms with Gasteiger partial charge in [0, 0.05) is 23.8 Å². The lowest BCUT2D eigenvalue weighted by molar-refractivity contribution is -0.118. The summed E-state index contributed by atoms with van der Waals surface area (Å²) < 4.78 is 27.0. The molecule has 9 heteroatoms. The van der Waals surface area contributed by atoms with Crippen molar-refractivity contribution >= 4 is 38.1 Å². The molecule has 1 aliphatic rings. The van der Waals surface area contributed by atoms with E-state index < -0.39 is 10.0 Å². The first-order valence-electron chi connectivity index (χ1n) is 7.58. The Bertz CT molecular complexity index is 804. The molecule has 1 saturated heterocycles. The molecule has 1 atom stereocenters. The number of nitrogens with one attached hydrogen (secondary N) is 2. The number of hydrogen-bond acceptors (Lipinski definition) is 6. The highest BCUT2D eigenvalue weighted by atomic mass is 32.2. The molecule has 2 heterocycles. The maximum atomic E-state index is 12.3. The zero-order chi connectivity index (χ0) is 17.2. The molecule has 0 radical (unpaired) electrons. The van der Waals surface area contributed by atoms with Crippen LogP contribution in [0.15, 0.2) is 40.7 Å². The number of rotatable bonds is 6. The van der Waals surface area contributed by atoms with E-state index in [0.29, 0.717) is 17.4 Å². The fourth-order valence-electron chi connectivity index (χ4n) is 2.63. The highest BCUT2D eigenvalue weighted by Crippen LogP contribution is 2.24. The van der Waals surface area contributed by atoms with E-state index in [0.717, 1.165) is 13.0 Å². The normalized spacial score (nSPS) is 18.1. The van der Waals surface area contributed by atoms with E-state index >= 15 is 0 Å². The molecule has 1 fully saturated rings. The SMILES string of the molecule is CCN[C@H]1CCN(c2ccc(S(=O)(=O)Nc3nccs3)cc2)C1=O. The Morgan fingerprint density at radius 2 is 2.08 bits per heavy atom. The van der Waals surface area contributed by atoms with Crippen LogP contribution in [0.2, 0.25) is 0 Å². The zero-order valence-corrected chi connectivity index (χ0v) is 14.7. The van der Waals surface area contributed by atoms with Gasteiger partial charge in [-0.15, -0.1) is 11.3 Å². The average molecular weight is 366 g/mol. The second-order valence-corrected chi connectivity index (χ2v) is 7.90. The van der Waals surface area contributed by atoms with Gasteiger partial charge in [0.05, 0.1) is 10.9 Å². The second-order valence-electron chi connectivity index (χ2n) is 5.33. The van der Waals surface area contributed by atoms with E-state index in [2.05, 4.69) is 15.0 Å². The number of likely N-dealkylation sites (N-methyl/N-ethyl adjacent to an activating group) is 1. The van der Waals surface area contributed by atoms with Gasteiger partial charge in [-0.1, -0.05) is 6.92 Å². The monoisotopic (exact) mass is 366 g/mol. The molecule has 1 aromatic heterocycles. The Morgan fingerprint density at radius 3 is 2.71 bits per heavy atom. The molecule has 0 spiro atoms. The smallest absolute Gasteiger partial charge is 0.263 e. The highest BCUT2D eigenvalue weighted by molar-refractivity contribution is 7.93. The van der Waals surface area contributed by atoms with Crippen LogP contribution in [-0.2, 0) is 14.8 Å². The van der Waals surface area contributed by atoms with Gasteiger partial charge in [0.25, 0.3) is 10.0 Å². The fourth-order valence-corrected chi connectivity index (χ4v) is 4.41. The quantitative estimate of drug-likeness (QED) is 0.811. The lowest BCUT2D eigenvalue weighted by Crippen LogP contribution is -2.38. The van der Waals surface area contributed by atoms with Crippen LogP contribution in [0.25, 0.3) is 0 Å². The third kappa shape index (κ3) is 3.42. The van der Waals surface area contributed by atoms with Crippen molar-refractivity contribution in [2.45, 2.75) is 24.3 Å². The average Bonchev–Trinajstić information content (AvgIpc) is 3.18. The lowest BCUT2D eigenvalue weighted by atomic mass is 10.2. The van der Waals surface area contributed by atoms with Gasteiger partial charge in [-0.05, 0) is 37.2 Å². The zero-order valence-electron chi connectivity index (χ0n) is 13.1. The van der Waals surface area contributed by atoms with E-state index in [9.17, 15) is 13.2 Å². The number of sulfonamides is 1. The van der Waals surface area contributed by atoms with Crippen molar-refractivity contribution < 1.29 is 13.2 Å². The standard InChI is InChI=1S/C15H18N4O3S2/c1-2-16-13-7-9-19(14(13)20)11-3-5-12(6-4-11)24(21,22)18-15-17-8-10-23-15/h3-6,8,10,13,16H,2,7,9H2,1H3,(H,17,18)/t13-/m0/s1. The molecule has 7 nitrogen and oxygen atoms in total. The number of anilines is 2. The Labute approximate surface area is 144 Å². The van der Waals surface area contributed by atoms with Crippen LogP contribution in [0.1, 0.15) is 13.3 Å². The third-order valence-corrected chi connectivity index (χ3v) is 5.94. The number of thiazole rings is 1. The number of amides is 1. The van der Waals surface area contributed by atoms with Crippen molar-refractivity contribution in [2.24, 2.45) is 0 Å². The molecule has 1 aromatic carbocycles. The maximum Gasteiger partial charge on any atom is 0.263 e. The van der Waals surface area contributed by atoms with Crippen molar-refractivity contribution in [3.8, 4) is 0 Å². The Balaban J connectivity index is 1.75. The van der Waals surface area contributed by atoms with E-state index in [-0.39, 0.29) is 16.8 Å². The van der Waals surface area contributed by atoms with E-state index in [1.165, 1.54) is 29.7 Å². The molecule has 0 unspecified atom stereocenters. The Kier molecular flexibility index (Phi) is 4.83. The van der Waals surface area contributed by atoms with Gasteiger partial charge in [-0.25, -0.2) is 13.4 Å². The lowest BCUT2D eigenvalue weighted by Gasteiger charge is -2.17. The molecule has 1 aliphatic heterocycles. The molecule has 1 amide bonds. The van der Waals surface area contributed by atoms with Gasteiger partial charge < -0.3 is 10.2 Å². The molecule has 24 heavy (non-hydrogen) atoms. The predicted octanol–water partition coefficient (Wildman–Crippen LogP) is 1.66. The van der Waals surface area contributed by atoms with Gasteiger partial charge in [0.2, 0.25) is 5.91 Å². The molecular formula is C15H18N4O3S2. The Morgan fingerprint density at radius 1 is 1.33 bits per heavy atom. The number of nitrogens with zero attached hydrogens (tertiary/aromatic N) is 2. The molecular weight excluding hydrogens is 348 g/mol. The summed E-state index contributed by atoms with van der Waals surface area (Å²) in [5.74, 6) is 0.0216. The number of benzene rings is 1. The van der Waals surface area contributed by atoms with E-state index in [4.69, 9.17) is 0 Å². The largest absolute Gasteiger partial charge is 0.311 e. The van der Waals surface area contributed by atoms with Crippen molar-refractivity contribution in [1.29, 1.82) is 0 Å². The van der Waals surface area contributed by atoms with Gasteiger partial charge in [0.15, 0.2) is 5.13 Å². The first-order chi connectivity index (χ1) is 11.5. The highest BCUT2D eigenvalue weighted by Gasteiger charge is 2.31. The topological polar surface area (TPSA) is 91.4 Å². The van der Waals surface area contributed by atoms with Crippen LogP contribution >= 0.6 is 11.3 Å². The van der Waals surface area contributed by atoms with Crippen molar-refractivity contribution in [3.63, 3.8) is 0 Å². The van der Waals surface area contributed by atoms with Crippen LogP contribution in [0.3, 0.4) is 0 Å². The number of carbonyl (C=O) groups is 1. The van der Waals surface area contributed by atoms with E-state index in [1.54, 1.807) is 22.4 Å². The van der Waals surface area contributed by atoms with Crippen LogP contribution in [0.5, 0.6) is 0 Å². The van der Waals surface area contributed by atoms with Gasteiger partial charge in [-0.2, -0.15) is 0 Å². The number of carbonyl (C=O) groups excluding carboxylic acids is 1. The fraction of sp³-hybridized carbons (Fsp3) is 0.333. The minimum absolute atomic E-state index is 0.0216. The second kappa shape index (κ2) is 6.88. The molecule has 0 bridgehead atoms. The summed E-state index contributed by atoms with van der Waals surface area (Å²) in [6.45, 7) is 3.33. The minimum Gasteiger partial charge on any atom is -0.311 e. The van der Waals surface area contributed by atoms with Gasteiger partial charge in [0.1, 0.15) is 0 Å². The van der Waals surface area contributed by atoms with E-state index in [1.807, 2.05) is 6.92 Å². The molecule has 3 rings (SSSR count). The van der Waals surface area contributed by atoms with Crippen LogP contribution < -0.4 is 14.9 Å². The molecule has 128 valence electrons. The number of aromatic nitrogens is 1. The maximum absolute atomic E-state index is 12.3. The van der Waals surface area contributed by atoms with Gasteiger partial charge in [-0.3, -0.25) is 9.52 Å². The molecule has 0 saturated carbocycles. The number of hydrogen-bond donors (Lipinski definition) is 2. The van der Waals surface area contributed by atoms with Crippen LogP contribution in [0.4, 0.5) is 10.8 Å². The van der Waals surface area contributed by atoms with Crippen molar-refractivity contribution in [3.05, 3.63) is 35.8 Å². The summed E-state index contributed by atoms with van der Waals surface area (Å²) >= 11 is 1.21. The summed E-state index contributed by atoms with van der Waals surface area (Å²) in [4.78, 5) is 18.0. The van der Waals surface area contributed by atoms with Crippen LogP contribution in [0, 0.1) is 0 Å². The minimum atomic E-state index is -3.67. The summed E-state index contributed by atoms with van der Waals surface area (Å²) in [5.41, 5.74) is 0.702. The van der Waals surface area contributed by atoms with Crippen molar-refractivity contribution in [1.82, 2.24) is 10.3 Å². The molecule has 0 aliphatic carbocycles. The first-order valence-corrected chi connectivity index (χ1v) is 9.94. The Hall–Kier alpha value is -1.97. The van der Waals surface area contributed by atoms with Crippen LogP contribution in [-0.4, -0.2) is 38.4 Å². The third-order valence-electron chi connectivity index (χ3n) is 3.77. The molecule has 2 N–H and O–H groups in total. The summed E-state index contributed by atoms with van der Waals surface area (Å²) in [7, 11) is -3.67.